The lowest BCUT2D eigenvalue weighted by Crippen LogP contribution is -1.99. The second-order valence-corrected chi connectivity index (χ2v) is 7.38. The van der Waals surface area contributed by atoms with Gasteiger partial charge in [0.15, 0.2) is 0 Å². The summed E-state index contributed by atoms with van der Waals surface area (Å²) in [6, 6.07) is 7.61. The molecule has 0 saturated carbocycles. The number of nitrogens with two attached hydrogens (primary N) is 1. The van der Waals surface area contributed by atoms with E-state index in [-0.39, 0.29) is 0 Å². The summed E-state index contributed by atoms with van der Waals surface area (Å²) in [5.41, 5.74) is 10.3. The molecule has 1 aromatic heterocycles. The molecule has 0 fully saturated rings. The van der Waals surface area contributed by atoms with E-state index in [1.54, 1.807) is 27.7 Å². The Balaban J connectivity index is 2.25. The Morgan fingerprint density at radius 1 is 0.926 bits per heavy atom. The van der Waals surface area contributed by atoms with Crippen LogP contribution in [0.2, 0.25) is 0 Å². The zero-order valence-electron chi connectivity index (χ0n) is 15.3. The Labute approximate surface area is 174 Å². The van der Waals surface area contributed by atoms with Crippen LogP contribution in [-0.4, -0.2) is 30.9 Å². The van der Waals surface area contributed by atoms with Crippen molar-refractivity contribution >= 4 is 37.5 Å². The van der Waals surface area contributed by atoms with Crippen LogP contribution in [0.4, 0.5) is 5.69 Å². The first-order chi connectivity index (χ1) is 12.9. The summed E-state index contributed by atoms with van der Waals surface area (Å²) < 4.78 is 19.7. The lowest BCUT2D eigenvalue weighted by molar-refractivity contribution is 0.390. The van der Waals surface area contributed by atoms with Crippen LogP contribution in [0.5, 0.6) is 17.2 Å². The summed E-state index contributed by atoms with van der Waals surface area (Å²) in [4.78, 5) is 4.59. The lowest BCUT2D eigenvalue weighted by atomic mass is 10.0. The number of nitrogens with zero attached hydrogens (tertiary/aromatic N) is 2. The van der Waals surface area contributed by atoms with Crippen LogP contribution < -0.4 is 19.9 Å². The van der Waals surface area contributed by atoms with Crippen LogP contribution in [0.1, 0.15) is 0 Å². The maximum absolute atomic E-state index is 6.38. The van der Waals surface area contributed by atoms with Crippen LogP contribution >= 0.6 is 31.9 Å². The van der Waals surface area contributed by atoms with Gasteiger partial charge in [-0.1, -0.05) is 0 Å². The third-order valence-electron chi connectivity index (χ3n) is 4.28. The van der Waals surface area contributed by atoms with E-state index in [4.69, 9.17) is 19.9 Å². The van der Waals surface area contributed by atoms with E-state index in [0.29, 0.717) is 27.4 Å². The topological polar surface area (TPSA) is 71.5 Å². The van der Waals surface area contributed by atoms with Gasteiger partial charge in [-0.3, -0.25) is 0 Å². The molecule has 2 aromatic carbocycles. The summed E-state index contributed by atoms with van der Waals surface area (Å²) in [7, 11) is 6.76. The summed E-state index contributed by atoms with van der Waals surface area (Å²) in [5.74, 6) is 1.99. The van der Waals surface area contributed by atoms with Gasteiger partial charge in [-0.2, -0.15) is 0 Å². The highest BCUT2D eigenvalue weighted by Crippen LogP contribution is 2.44. The molecule has 8 heteroatoms. The number of aromatic nitrogens is 2. The molecule has 0 radical (unpaired) electrons. The lowest BCUT2D eigenvalue weighted by Gasteiger charge is -2.15. The van der Waals surface area contributed by atoms with Crippen molar-refractivity contribution in [2.75, 3.05) is 27.1 Å². The summed E-state index contributed by atoms with van der Waals surface area (Å²) >= 11 is 7.01. The fourth-order valence-corrected chi connectivity index (χ4v) is 3.96. The first-order valence-corrected chi connectivity index (χ1v) is 9.57. The zero-order valence-corrected chi connectivity index (χ0v) is 18.5. The number of hydrogen-bond donors (Lipinski definition) is 1. The maximum Gasteiger partial charge on any atom is 0.137 e. The summed E-state index contributed by atoms with van der Waals surface area (Å²) in [5, 5.41) is 0. The van der Waals surface area contributed by atoms with Crippen LogP contribution in [0.3, 0.4) is 0 Å². The number of nitrogen functional groups attached to an aromatic ring is 1. The van der Waals surface area contributed by atoms with Crippen molar-refractivity contribution in [3.63, 3.8) is 0 Å². The van der Waals surface area contributed by atoms with Gasteiger partial charge in [0, 0.05) is 18.2 Å². The van der Waals surface area contributed by atoms with E-state index in [2.05, 4.69) is 36.8 Å². The first kappa shape index (κ1) is 19.6. The van der Waals surface area contributed by atoms with E-state index in [1.165, 1.54) is 0 Å². The van der Waals surface area contributed by atoms with Crippen LogP contribution in [-0.2, 0) is 7.05 Å². The molecule has 142 valence electrons. The predicted molar refractivity (Wildman–Crippen MR) is 114 cm³/mol. The van der Waals surface area contributed by atoms with Gasteiger partial charge < -0.3 is 24.5 Å². The normalized spacial score (nSPS) is 10.7. The number of ether oxygens (including phenoxy) is 3. The molecule has 0 bridgehead atoms. The molecule has 3 rings (SSSR count). The molecule has 0 unspecified atom stereocenters. The van der Waals surface area contributed by atoms with Gasteiger partial charge >= 0.3 is 0 Å². The van der Waals surface area contributed by atoms with Gasteiger partial charge in [-0.25, -0.2) is 4.98 Å². The van der Waals surface area contributed by atoms with E-state index >= 15 is 0 Å². The Kier molecular flexibility index (Phi) is 5.67. The number of benzene rings is 2. The number of methoxy groups -OCH3 is 3. The highest BCUT2D eigenvalue weighted by Gasteiger charge is 2.21. The fraction of sp³-hybridized carbons (Fsp3) is 0.211. The minimum absolute atomic E-state index is 0.579. The summed E-state index contributed by atoms with van der Waals surface area (Å²) in [6.07, 6.45) is 1.75. The van der Waals surface area contributed by atoms with Crippen molar-refractivity contribution in [1.82, 2.24) is 9.55 Å². The molecule has 1 heterocycles. The van der Waals surface area contributed by atoms with Crippen molar-refractivity contribution in [2.45, 2.75) is 0 Å². The molecule has 0 atom stereocenters. The van der Waals surface area contributed by atoms with Gasteiger partial charge in [0.05, 0.1) is 49.2 Å². The van der Waals surface area contributed by atoms with E-state index < -0.39 is 0 Å². The molecule has 0 saturated heterocycles. The molecule has 27 heavy (non-hydrogen) atoms. The van der Waals surface area contributed by atoms with Gasteiger partial charge in [0.2, 0.25) is 0 Å². The van der Waals surface area contributed by atoms with Gasteiger partial charge in [0.25, 0.3) is 0 Å². The Hall–Kier alpha value is -2.19. The van der Waals surface area contributed by atoms with Crippen molar-refractivity contribution in [2.24, 2.45) is 7.05 Å². The molecule has 0 aliphatic carbocycles. The summed E-state index contributed by atoms with van der Waals surface area (Å²) in [6.45, 7) is 0. The maximum atomic E-state index is 6.38. The number of rotatable bonds is 5. The quantitative estimate of drug-likeness (QED) is 0.509. The second-order valence-electron chi connectivity index (χ2n) is 5.79. The second kappa shape index (κ2) is 7.82. The highest BCUT2D eigenvalue weighted by molar-refractivity contribution is 9.11. The molecule has 0 amide bonds. The SMILES string of the molecule is COc1cc(-c2ncn(C)c2-c2ccc(OC)c(Br)c2N)cc(OC)c1Br. The number of imidazole rings is 1. The third-order valence-corrected chi connectivity index (χ3v) is 5.88. The number of halogens is 2. The average molecular weight is 497 g/mol. The van der Waals surface area contributed by atoms with Crippen molar-refractivity contribution in [1.29, 1.82) is 0 Å². The Morgan fingerprint density at radius 2 is 1.52 bits per heavy atom. The molecule has 3 aromatic rings. The number of hydrogen-bond acceptors (Lipinski definition) is 5. The molecular formula is C19H19Br2N3O3. The smallest absolute Gasteiger partial charge is 0.137 e. The van der Waals surface area contributed by atoms with Crippen molar-refractivity contribution < 1.29 is 14.2 Å². The molecule has 2 N–H and O–H groups in total. The van der Waals surface area contributed by atoms with Gasteiger partial charge in [0.1, 0.15) is 21.7 Å². The Bertz CT molecular complexity index is 977. The Morgan fingerprint density at radius 3 is 2.07 bits per heavy atom. The van der Waals surface area contributed by atoms with Crippen molar-refractivity contribution in [3.05, 3.63) is 39.5 Å². The van der Waals surface area contributed by atoms with E-state index in [1.807, 2.05) is 35.9 Å². The van der Waals surface area contributed by atoms with E-state index in [0.717, 1.165) is 27.0 Å². The third kappa shape index (κ3) is 3.39. The standard InChI is InChI=1S/C19H19Br2N3O3/c1-24-9-23-18(10-7-13(26-3)15(20)14(8-10)27-4)19(24)11-5-6-12(25-2)16(21)17(11)22/h5-9H,22H2,1-4H3. The van der Waals surface area contributed by atoms with Crippen LogP contribution in [0.15, 0.2) is 39.5 Å². The van der Waals surface area contributed by atoms with Crippen LogP contribution in [0, 0.1) is 0 Å². The first-order valence-electron chi connectivity index (χ1n) is 7.98. The van der Waals surface area contributed by atoms with Crippen LogP contribution in [0.25, 0.3) is 22.5 Å². The monoisotopic (exact) mass is 495 g/mol. The minimum Gasteiger partial charge on any atom is -0.495 e. The van der Waals surface area contributed by atoms with E-state index in [9.17, 15) is 0 Å². The molecule has 0 spiro atoms. The number of aryl methyl sites for hydroxylation is 1. The zero-order chi connectivity index (χ0) is 19.7. The van der Waals surface area contributed by atoms with Gasteiger partial charge in [-0.15, -0.1) is 0 Å². The average Bonchev–Trinajstić information content (AvgIpc) is 3.05. The molecule has 0 aliphatic heterocycles. The van der Waals surface area contributed by atoms with Gasteiger partial charge in [-0.05, 0) is 56.1 Å². The molecule has 0 aliphatic rings. The molecular weight excluding hydrogens is 478 g/mol. The highest BCUT2D eigenvalue weighted by atomic mass is 79.9. The predicted octanol–water partition coefficient (Wildman–Crippen LogP) is 4.89. The molecule has 6 nitrogen and oxygen atoms in total. The van der Waals surface area contributed by atoms with Crippen molar-refractivity contribution in [3.8, 4) is 39.8 Å². The fourth-order valence-electron chi connectivity index (χ4n) is 2.90. The minimum atomic E-state index is 0.579. The number of anilines is 1. The largest absolute Gasteiger partial charge is 0.495 e.